The van der Waals surface area contributed by atoms with E-state index in [0.29, 0.717) is 11.5 Å². The summed E-state index contributed by atoms with van der Waals surface area (Å²) in [5, 5.41) is 3.65. The third-order valence-electron chi connectivity index (χ3n) is 4.05. The molecule has 0 atom stereocenters. The Bertz CT molecular complexity index is 402. The normalized spacial score (nSPS) is 19.6. The second-order valence-corrected chi connectivity index (χ2v) is 6.29. The monoisotopic (exact) mass is 247 g/mol. The van der Waals surface area contributed by atoms with Gasteiger partial charge >= 0.3 is 0 Å². The van der Waals surface area contributed by atoms with E-state index in [1.54, 1.807) is 7.11 Å². The van der Waals surface area contributed by atoms with E-state index in [0.717, 1.165) is 11.4 Å². The number of nitrogens with one attached hydrogen (secondary N) is 1. The van der Waals surface area contributed by atoms with Crippen molar-refractivity contribution >= 4 is 5.69 Å². The smallest absolute Gasteiger partial charge is 0.141 e. The summed E-state index contributed by atoms with van der Waals surface area (Å²) in [7, 11) is 1.74. The van der Waals surface area contributed by atoms with E-state index >= 15 is 0 Å². The van der Waals surface area contributed by atoms with E-state index in [2.05, 4.69) is 38.2 Å². The molecule has 18 heavy (non-hydrogen) atoms. The molecule has 2 nitrogen and oxygen atoms in total. The van der Waals surface area contributed by atoms with E-state index < -0.39 is 0 Å². The number of ether oxygens (including phenoxy) is 1. The number of aryl methyl sites for hydroxylation is 1. The maximum atomic E-state index is 5.42. The third kappa shape index (κ3) is 3.18. The molecule has 100 valence electrons. The van der Waals surface area contributed by atoms with E-state index in [9.17, 15) is 0 Å². The SMILES string of the molecule is COc1ccc(C)cc1NC1CCC(C)(C)CC1. The molecule has 0 saturated heterocycles. The summed E-state index contributed by atoms with van der Waals surface area (Å²) in [5.74, 6) is 0.949. The highest BCUT2D eigenvalue weighted by Crippen LogP contribution is 2.37. The molecule has 1 fully saturated rings. The molecule has 0 bridgehead atoms. The summed E-state index contributed by atoms with van der Waals surface area (Å²) >= 11 is 0. The van der Waals surface area contributed by atoms with Crippen LogP contribution in [-0.2, 0) is 0 Å². The molecule has 1 aromatic carbocycles. The van der Waals surface area contributed by atoms with E-state index in [4.69, 9.17) is 4.74 Å². The maximum absolute atomic E-state index is 5.42. The minimum absolute atomic E-state index is 0.523. The zero-order chi connectivity index (χ0) is 13.2. The van der Waals surface area contributed by atoms with Crippen molar-refractivity contribution in [3.8, 4) is 5.75 Å². The first-order valence-corrected chi connectivity index (χ1v) is 6.91. The largest absolute Gasteiger partial charge is 0.495 e. The minimum Gasteiger partial charge on any atom is -0.495 e. The van der Waals surface area contributed by atoms with Crippen molar-refractivity contribution in [3.63, 3.8) is 0 Å². The van der Waals surface area contributed by atoms with Crippen LogP contribution in [0.15, 0.2) is 18.2 Å². The fourth-order valence-corrected chi connectivity index (χ4v) is 2.70. The molecular weight excluding hydrogens is 222 g/mol. The predicted octanol–water partition coefficient (Wildman–Crippen LogP) is 4.38. The molecule has 1 saturated carbocycles. The first-order valence-electron chi connectivity index (χ1n) is 6.91. The van der Waals surface area contributed by atoms with Gasteiger partial charge in [0.1, 0.15) is 5.75 Å². The first-order chi connectivity index (χ1) is 8.50. The highest BCUT2D eigenvalue weighted by molar-refractivity contribution is 5.58. The van der Waals surface area contributed by atoms with Gasteiger partial charge in [0.2, 0.25) is 0 Å². The van der Waals surface area contributed by atoms with Gasteiger partial charge < -0.3 is 10.1 Å². The van der Waals surface area contributed by atoms with Gasteiger partial charge in [0.05, 0.1) is 12.8 Å². The summed E-state index contributed by atoms with van der Waals surface area (Å²) < 4.78 is 5.42. The molecule has 1 aliphatic rings. The Kier molecular flexibility index (Phi) is 3.84. The molecule has 1 aromatic rings. The average molecular weight is 247 g/mol. The van der Waals surface area contributed by atoms with E-state index in [1.807, 2.05) is 6.07 Å². The topological polar surface area (TPSA) is 21.3 Å². The lowest BCUT2D eigenvalue weighted by atomic mass is 9.75. The molecule has 1 aliphatic carbocycles. The van der Waals surface area contributed by atoms with Crippen LogP contribution in [0.2, 0.25) is 0 Å². The van der Waals surface area contributed by atoms with Crippen LogP contribution in [0.3, 0.4) is 0 Å². The summed E-state index contributed by atoms with van der Waals surface area (Å²) in [6, 6.07) is 6.91. The van der Waals surface area contributed by atoms with Gasteiger partial charge in [-0.1, -0.05) is 19.9 Å². The number of methoxy groups -OCH3 is 1. The second kappa shape index (κ2) is 5.21. The molecule has 0 radical (unpaired) electrons. The highest BCUT2D eigenvalue weighted by atomic mass is 16.5. The maximum Gasteiger partial charge on any atom is 0.141 e. The zero-order valence-electron chi connectivity index (χ0n) is 12.0. The molecular formula is C16H25NO. The van der Waals surface area contributed by atoms with Crippen molar-refractivity contribution in [1.82, 2.24) is 0 Å². The Morgan fingerprint density at radius 3 is 2.50 bits per heavy atom. The summed E-state index contributed by atoms with van der Waals surface area (Å²) in [6.07, 6.45) is 5.12. The van der Waals surface area contributed by atoms with Crippen molar-refractivity contribution in [2.45, 2.75) is 52.5 Å². The van der Waals surface area contributed by atoms with Crippen molar-refractivity contribution in [2.75, 3.05) is 12.4 Å². The van der Waals surface area contributed by atoms with Gasteiger partial charge in [0.25, 0.3) is 0 Å². The molecule has 0 spiro atoms. The Balaban J connectivity index is 2.04. The first kappa shape index (κ1) is 13.3. The van der Waals surface area contributed by atoms with E-state index in [-0.39, 0.29) is 0 Å². The number of benzene rings is 1. The van der Waals surface area contributed by atoms with Crippen LogP contribution < -0.4 is 10.1 Å². The fraction of sp³-hybridized carbons (Fsp3) is 0.625. The van der Waals surface area contributed by atoms with Crippen LogP contribution >= 0.6 is 0 Å². The number of hydrogen-bond acceptors (Lipinski definition) is 2. The number of anilines is 1. The molecule has 0 aromatic heterocycles. The Morgan fingerprint density at radius 1 is 1.22 bits per heavy atom. The van der Waals surface area contributed by atoms with Gasteiger partial charge in [-0.2, -0.15) is 0 Å². The van der Waals surface area contributed by atoms with Crippen molar-refractivity contribution < 1.29 is 4.74 Å². The van der Waals surface area contributed by atoms with Crippen molar-refractivity contribution in [3.05, 3.63) is 23.8 Å². The molecule has 2 rings (SSSR count). The zero-order valence-corrected chi connectivity index (χ0v) is 12.0. The summed E-state index contributed by atoms with van der Waals surface area (Å²) in [4.78, 5) is 0. The lowest BCUT2D eigenvalue weighted by molar-refractivity contribution is 0.232. The Hall–Kier alpha value is -1.18. The van der Waals surface area contributed by atoms with Gasteiger partial charge in [-0.3, -0.25) is 0 Å². The van der Waals surface area contributed by atoms with Crippen LogP contribution in [0, 0.1) is 12.3 Å². The quantitative estimate of drug-likeness (QED) is 0.855. The molecule has 0 amide bonds. The van der Waals surface area contributed by atoms with Crippen LogP contribution in [0.5, 0.6) is 5.75 Å². The molecule has 1 N–H and O–H groups in total. The van der Waals surface area contributed by atoms with Crippen LogP contribution in [-0.4, -0.2) is 13.2 Å². The van der Waals surface area contributed by atoms with Crippen molar-refractivity contribution in [2.24, 2.45) is 5.41 Å². The highest BCUT2D eigenvalue weighted by Gasteiger charge is 2.26. The van der Waals surface area contributed by atoms with Crippen LogP contribution in [0.4, 0.5) is 5.69 Å². The molecule has 0 heterocycles. The van der Waals surface area contributed by atoms with Gasteiger partial charge in [0.15, 0.2) is 0 Å². The molecule has 0 unspecified atom stereocenters. The lowest BCUT2D eigenvalue weighted by Crippen LogP contribution is -2.30. The molecule has 2 heteroatoms. The summed E-state index contributed by atoms with van der Waals surface area (Å²) in [6.45, 7) is 6.86. The Morgan fingerprint density at radius 2 is 1.89 bits per heavy atom. The minimum atomic E-state index is 0.523. The lowest BCUT2D eigenvalue weighted by Gasteiger charge is -2.35. The fourth-order valence-electron chi connectivity index (χ4n) is 2.70. The second-order valence-electron chi connectivity index (χ2n) is 6.29. The van der Waals surface area contributed by atoms with E-state index in [1.165, 1.54) is 31.2 Å². The Labute approximate surface area is 111 Å². The summed E-state index contributed by atoms with van der Waals surface area (Å²) in [5.41, 5.74) is 2.94. The standard InChI is InChI=1S/C16H25NO/c1-12-5-6-15(18-4)14(11-12)17-13-7-9-16(2,3)10-8-13/h5-6,11,13,17H,7-10H2,1-4H3. The average Bonchev–Trinajstić information content (AvgIpc) is 2.32. The number of hydrogen-bond donors (Lipinski definition) is 1. The van der Waals surface area contributed by atoms with Gasteiger partial charge in [0, 0.05) is 6.04 Å². The van der Waals surface area contributed by atoms with Gasteiger partial charge in [-0.05, 0) is 55.7 Å². The van der Waals surface area contributed by atoms with Crippen molar-refractivity contribution in [1.29, 1.82) is 0 Å². The predicted molar refractivity (Wildman–Crippen MR) is 77.4 cm³/mol. The number of rotatable bonds is 3. The van der Waals surface area contributed by atoms with Gasteiger partial charge in [-0.25, -0.2) is 0 Å². The van der Waals surface area contributed by atoms with Gasteiger partial charge in [-0.15, -0.1) is 0 Å². The molecule has 0 aliphatic heterocycles. The van der Waals surface area contributed by atoms with Crippen LogP contribution in [0.25, 0.3) is 0 Å². The third-order valence-corrected chi connectivity index (χ3v) is 4.05. The van der Waals surface area contributed by atoms with Crippen LogP contribution in [0.1, 0.15) is 45.1 Å².